The molecule has 188 valence electrons. The number of nitrogen functional groups attached to an aromatic ring is 1. The van der Waals surface area contributed by atoms with E-state index in [0.29, 0.717) is 19.6 Å². The lowest BCUT2D eigenvalue weighted by molar-refractivity contribution is -0.119. The Kier molecular flexibility index (Phi) is 8.89. The number of benzene rings is 1. The van der Waals surface area contributed by atoms with Gasteiger partial charge in [-0.15, -0.1) is 0 Å². The van der Waals surface area contributed by atoms with Gasteiger partial charge < -0.3 is 10.6 Å². The Balaban J connectivity index is 2.30. The van der Waals surface area contributed by atoms with E-state index in [9.17, 15) is 14.4 Å². The molecule has 0 radical (unpaired) electrons. The van der Waals surface area contributed by atoms with Crippen LogP contribution in [-0.2, 0) is 23.3 Å². The monoisotopic (exact) mass is 471 g/mol. The number of aromatic amines is 1. The van der Waals surface area contributed by atoms with Gasteiger partial charge in [-0.05, 0) is 35.4 Å². The number of amides is 1. The minimum atomic E-state index is -0.642. The molecule has 0 spiro atoms. The molecule has 1 aromatic carbocycles. The van der Waals surface area contributed by atoms with Gasteiger partial charge >= 0.3 is 5.69 Å². The summed E-state index contributed by atoms with van der Waals surface area (Å²) in [6, 6.07) is 8.40. The van der Waals surface area contributed by atoms with Gasteiger partial charge in [0.2, 0.25) is 5.91 Å². The van der Waals surface area contributed by atoms with Gasteiger partial charge in [-0.25, -0.2) is 4.79 Å². The van der Waals surface area contributed by atoms with Gasteiger partial charge in [0, 0.05) is 19.6 Å². The van der Waals surface area contributed by atoms with E-state index in [1.807, 2.05) is 39.6 Å². The molecule has 34 heavy (non-hydrogen) atoms. The molecule has 8 heteroatoms. The first-order valence-electron chi connectivity index (χ1n) is 11.9. The largest absolute Gasteiger partial charge is 0.383 e. The number of nitrogens with zero attached hydrogens (tertiary/aromatic N) is 3. The van der Waals surface area contributed by atoms with Crippen LogP contribution in [0.25, 0.3) is 0 Å². The molecule has 0 aliphatic carbocycles. The summed E-state index contributed by atoms with van der Waals surface area (Å²) < 4.78 is 1.34. The van der Waals surface area contributed by atoms with Gasteiger partial charge in [0.25, 0.3) is 5.56 Å². The van der Waals surface area contributed by atoms with Crippen molar-refractivity contribution in [1.82, 2.24) is 14.5 Å². The number of rotatable bonds is 9. The Bertz CT molecular complexity index is 1090. The molecule has 0 aliphatic rings. The first kappa shape index (κ1) is 27.4. The highest BCUT2D eigenvalue weighted by atomic mass is 16.2. The zero-order chi connectivity index (χ0) is 25.8. The Labute approximate surface area is 202 Å². The molecular formula is C26H41N5O3. The normalized spacial score (nSPS) is 12.1. The molecule has 3 N–H and O–H groups in total. The van der Waals surface area contributed by atoms with Crippen molar-refractivity contribution in [3.63, 3.8) is 0 Å². The lowest BCUT2D eigenvalue weighted by Gasteiger charge is -2.28. The number of nitrogens with one attached hydrogen (secondary N) is 1. The second-order valence-electron chi connectivity index (χ2n) is 11.0. The predicted molar refractivity (Wildman–Crippen MR) is 139 cm³/mol. The predicted octanol–water partition coefficient (Wildman–Crippen LogP) is 3.19. The zero-order valence-electron chi connectivity index (χ0n) is 21.9. The molecule has 0 saturated carbocycles. The van der Waals surface area contributed by atoms with E-state index in [-0.39, 0.29) is 41.2 Å². The van der Waals surface area contributed by atoms with Crippen LogP contribution in [0.2, 0.25) is 0 Å². The quantitative estimate of drug-likeness (QED) is 0.584. The fourth-order valence-electron chi connectivity index (χ4n) is 3.86. The molecule has 1 amide bonds. The fourth-order valence-corrected chi connectivity index (χ4v) is 3.86. The van der Waals surface area contributed by atoms with Crippen molar-refractivity contribution in [2.45, 2.75) is 67.0 Å². The second kappa shape index (κ2) is 11.0. The highest BCUT2D eigenvalue weighted by Crippen LogP contribution is 2.23. The number of likely N-dealkylation sites (N-methyl/N-ethyl adjacent to an activating group) is 1. The van der Waals surface area contributed by atoms with Crippen molar-refractivity contribution < 1.29 is 4.79 Å². The van der Waals surface area contributed by atoms with Crippen molar-refractivity contribution in [3.05, 3.63) is 56.2 Å². The molecule has 0 saturated heterocycles. The third-order valence-corrected chi connectivity index (χ3v) is 5.56. The van der Waals surface area contributed by atoms with Crippen molar-refractivity contribution in [3.8, 4) is 0 Å². The molecule has 0 atom stereocenters. The van der Waals surface area contributed by atoms with Crippen molar-refractivity contribution in [1.29, 1.82) is 0 Å². The van der Waals surface area contributed by atoms with Gasteiger partial charge in [0.15, 0.2) is 5.69 Å². The van der Waals surface area contributed by atoms with Crippen molar-refractivity contribution in [2.75, 3.05) is 30.8 Å². The van der Waals surface area contributed by atoms with Crippen molar-refractivity contribution in [2.24, 2.45) is 11.8 Å². The van der Waals surface area contributed by atoms with Crippen LogP contribution in [0, 0.1) is 11.8 Å². The van der Waals surface area contributed by atoms with Gasteiger partial charge in [0.05, 0.1) is 6.54 Å². The summed E-state index contributed by atoms with van der Waals surface area (Å²) in [5.41, 5.74) is 7.56. The first-order valence-corrected chi connectivity index (χ1v) is 11.9. The number of H-pyrrole nitrogens is 1. The van der Waals surface area contributed by atoms with Crippen LogP contribution in [-0.4, -0.2) is 40.5 Å². The molecule has 0 aliphatic heterocycles. The lowest BCUT2D eigenvalue weighted by Crippen LogP contribution is -2.46. The van der Waals surface area contributed by atoms with Gasteiger partial charge in [-0.2, -0.15) is 0 Å². The summed E-state index contributed by atoms with van der Waals surface area (Å²) in [4.78, 5) is 44.2. The molecule has 1 aromatic heterocycles. The third kappa shape index (κ3) is 7.06. The Morgan fingerprint density at radius 3 is 2.15 bits per heavy atom. The SMILES string of the molecule is CC(C)CN(C(=O)CN(C)Cc1ccc(C(C)(C)C)cc1)c1c(N)n(CC(C)C)c(=O)[nH]c1=O. The van der Waals surface area contributed by atoms with E-state index in [0.717, 1.165) is 5.56 Å². The van der Waals surface area contributed by atoms with Crippen LogP contribution in [0.5, 0.6) is 0 Å². The molecule has 1 heterocycles. The maximum Gasteiger partial charge on any atom is 0.330 e. The first-order chi connectivity index (χ1) is 15.7. The highest BCUT2D eigenvalue weighted by Gasteiger charge is 2.26. The van der Waals surface area contributed by atoms with Crippen molar-refractivity contribution >= 4 is 17.4 Å². The summed E-state index contributed by atoms with van der Waals surface area (Å²) in [5.74, 6) is 0.0265. The van der Waals surface area contributed by atoms with Crippen LogP contribution < -0.4 is 21.9 Å². The Morgan fingerprint density at radius 2 is 1.65 bits per heavy atom. The molecular weight excluding hydrogens is 430 g/mol. The molecule has 2 rings (SSSR count). The smallest absolute Gasteiger partial charge is 0.330 e. The van der Waals surface area contributed by atoms with E-state index < -0.39 is 11.2 Å². The number of carbonyl (C=O) groups is 1. The topological polar surface area (TPSA) is 104 Å². The van der Waals surface area contributed by atoms with Crippen LogP contribution in [0.1, 0.15) is 59.6 Å². The molecule has 0 fully saturated rings. The number of aromatic nitrogens is 2. The average molecular weight is 472 g/mol. The van der Waals surface area contributed by atoms with E-state index in [4.69, 9.17) is 5.73 Å². The molecule has 2 aromatic rings. The third-order valence-electron chi connectivity index (χ3n) is 5.56. The molecule has 8 nitrogen and oxygen atoms in total. The lowest BCUT2D eigenvalue weighted by atomic mass is 9.87. The maximum absolute atomic E-state index is 13.4. The Hall–Kier alpha value is -2.87. The summed E-state index contributed by atoms with van der Waals surface area (Å²) >= 11 is 0. The van der Waals surface area contributed by atoms with Crippen LogP contribution in [0.3, 0.4) is 0 Å². The van der Waals surface area contributed by atoms with Gasteiger partial charge in [0.1, 0.15) is 5.82 Å². The number of anilines is 2. The highest BCUT2D eigenvalue weighted by molar-refractivity contribution is 5.96. The number of hydrogen-bond acceptors (Lipinski definition) is 5. The number of nitrogens with two attached hydrogens (primary N) is 1. The number of carbonyl (C=O) groups excluding carboxylic acids is 1. The summed E-state index contributed by atoms with van der Waals surface area (Å²) in [6.07, 6.45) is 0. The van der Waals surface area contributed by atoms with E-state index in [2.05, 4.69) is 50.0 Å². The van der Waals surface area contributed by atoms with Crippen LogP contribution in [0.4, 0.5) is 11.5 Å². The zero-order valence-corrected chi connectivity index (χ0v) is 21.9. The molecule has 0 bridgehead atoms. The number of hydrogen-bond donors (Lipinski definition) is 2. The van der Waals surface area contributed by atoms with Gasteiger partial charge in [-0.1, -0.05) is 72.7 Å². The maximum atomic E-state index is 13.4. The van der Waals surface area contributed by atoms with Crippen LogP contribution >= 0.6 is 0 Å². The van der Waals surface area contributed by atoms with E-state index in [1.54, 1.807) is 0 Å². The van der Waals surface area contributed by atoms with E-state index in [1.165, 1.54) is 15.0 Å². The fraction of sp³-hybridized carbons (Fsp3) is 0.577. The Morgan fingerprint density at radius 1 is 1.06 bits per heavy atom. The second-order valence-corrected chi connectivity index (χ2v) is 11.0. The minimum Gasteiger partial charge on any atom is -0.383 e. The standard InChI is InChI=1S/C26H41N5O3/c1-17(2)13-30(22-23(27)31(14-18(3)4)25(34)28-24(22)33)21(32)16-29(8)15-19-9-11-20(12-10-19)26(5,6)7/h9-12,17-18H,13-16,27H2,1-8H3,(H,28,33,34). The van der Waals surface area contributed by atoms with Gasteiger partial charge in [-0.3, -0.25) is 24.0 Å². The summed E-state index contributed by atoms with van der Waals surface area (Å²) in [5, 5.41) is 0. The average Bonchev–Trinajstić information content (AvgIpc) is 2.69. The molecule has 0 unspecified atom stereocenters. The summed E-state index contributed by atoms with van der Waals surface area (Å²) in [7, 11) is 1.87. The summed E-state index contributed by atoms with van der Waals surface area (Å²) in [6.45, 7) is 15.7. The van der Waals surface area contributed by atoms with E-state index >= 15 is 0 Å². The van der Waals surface area contributed by atoms with Crippen LogP contribution in [0.15, 0.2) is 33.9 Å². The minimum absolute atomic E-state index is 0.0249.